The first-order chi connectivity index (χ1) is 13.5. The van der Waals surface area contributed by atoms with Gasteiger partial charge in [0.15, 0.2) is 18.9 Å². The van der Waals surface area contributed by atoms with E-state index in [-0.39, 0.29) is 18.1 Å². The highest BCUT2D eigenvalue weighted by atomic mass is 32.2. The highest BCUT2D eigenvalue weighted by Gasteiger charge is 2.60. The number of rotatable bonds is 8. The first-order valence-electron chi connectivity index (χ1n) is 8.94. The number of imidazole rings is 1. The summed E-state index contributed by atoms with van der Waals surface area (Å²) >= 11 is 1.04. The number of Topliss-reactive ketones (excluding diaryl/α,β-unsaturated/α-hetero) is 1. The Kier molecular flexibility index (Phi) is 5.21. The van der Waals surface area contributed by atoms with Gasteiger partial charge in [-0.05, 0) is 24.6 Å². The van der Waals surface area contributed by atoms with Crippen molar-refractivity contribution >= 4 is 23.8 Å². The summed E-state index contributed by atoms with van der Waals surface area (Å²) in [5.41, 5.74) is 1.15. The summed E-state index contributed by atoms with van der Waals surface area (Å²) in [6.07, 6.45) is 4.21. The van der Waals surface area contributed by atoms with Gasteiger partial charge in [0.25, 0.3) is 0 Å². The summed E-state index contributed by atoms with van der Waals surface area (Å²) in [6, 6.07) is 7.88. The molecule has 0 aliphatic carbocycles. The number of ether oxygens (including phenoxy) is 1. The third kappa shape index (κ3) is 3.56. The second-order valence-electron chi connectivity index (χ2n) is 7.17. The van der Waals surface area contributed by atoms with Crippen LogP contribution in [0.4, 0.5) is 0 Å². The quantitative estimate of drug-likeness (QED) is 0.173. The molecule has 0 bridgehead atoms. The van der Waals surface area contributed by atoms with Crippen molar-refractivity contribution in [3.63, 3.8) is 0 Å². The Morgan fingerprint density at radius 1 is 1.39 bits per heavy atom. The predicted molar refractivity (Wildman–Crippen MR) is 96.5 cm³/mol. The number of ketones is 1. The number of esters is 1. The molecule has 1 fully saturated rings. The van der Waals surface area contributed by atoms with E-state index in [0.29, 0.717) is 24.1 Å². The molecule has 2 aliphatic rings. The summed E-state index contributed by atoms with van der Waals surface area (Å²) in [6.45, 7) is 3.66. The van der Waals surface area contributed by atoms with Crippen LogP contribution >= 0.6 is 12.0 Å². The van der Waals surface area contributed by atoms with Crippen LogP contribution in [0.5, 0.6) is 0 Å². The molecule has 148 valence electrons. The van der Waals surface area contributed by atoms with Crippen molar-refractivity contribution in [3.05, 3.63) is 48.0 Å². The number of quaternary nitrogens is 1. The number of nitrogens with zero attached hydrogens (tertiary/aromatic N) is 3. The number of fused-ring (bicyclic) bond motifs is 3. The summed E-state index contributed by atoms with van der Waals surface area (Å²) in [7, 11) is 0. The molecule has 2 N–H and O–H groups in total. The molecule has 9 nitrogen and oxygen atoms in total. The lowest BCUT2D eigenvalue weighted by Gasteiger charge is -2.27. The van der Waals surface area contributed by atoms with Gasteiger partial charge in [-0.2, -0.15) is 5.90 Å². The van der Waals surface area contributed by atoms with E-state index in [9.17, 15) is 9.59 Å². The number of carbonyl (C=O) groups excluding carboxylic acids is 2. The molecule has 2 atom stereocenters. The first kappa shape index (κ1) is 19.1. The second-order valence-corrected chi connectivity index (χ2v) is 7.94. The van der Waals surface area contributed by atoms with Crippen LogP contribution < -0.4 is 10.5 Å². The molecule has 1 aromatic heterocycles. The van der Waals surface area contributed by atoms with Crippen LogP contribution in [0.1, 0.15) is 24.7 Å². The molecule has 1 aromatic carbocycles. The fourth-order valence-electron chi connectivity index (χ4n) is 3.96. The SMILES string of the molecule is CC(=O)C[n+]1ccn2c1C[N+]1(CCc3ccc(SOON)cc3)CC(=O)OC21. The van der Waals surface area contributed by atoms with E-state index in [4.69, 9.17) is 10.6 Å². The lowest BCUT2D eigenvalue weighted by Crippen LogP contribution is -2.48. The minimum atomic E-state index is -0.361. The van der Waals surface area contributed by atoms with Crippen LogP contribution in [0.25, 0.3) is 0 Å². The molecule has 2 unspecified atom stereocenters. The van der Waals surface area contributed by atoms with Crippen LogP contribution in [0.2, 0.25) is 0 Å². The van der Waals surface area contributed by atoms with E-state index in [1.165, 1.54) is 0 Å². The Morgan fingerprint density at radius 3 is 2.89 bits per heavy atom. The van der Waals surface area contributed by atoms with Gasteiger partial charge in [-0.15, -0.1) is 13.9 Å². The monoisotopic (exact) mass is 406 g/mol. The molecule has 28 heavy (non-hydrogen) atoms. The molecule has 0 spiro atoms. The molecule has 0 radical (unpaired) electrons. The summed E-state index contributed by atoms with van der Waals surface area (Å²) < 4.78 is 14.7. The summed E-state index contributed by atoms with van der Waals surface area (Å²) in [5.74, 6) is 5.76. The zero-order valence-corrected chi connectivity index (χ0v) is 16.3. The van der Waals surface area contributed by atoms with Crippen molar-refractivity contribution < 1.29 is 32.7 Å². The van der Waals surface area contributed by atoms with E-state index < -0.39 is 0 Å². The standard InChI is InChI=1S/C18H22N4O5S/c1-13(23)10-20-7-8-21-16(20)11-22(12-17(24)25-18(21)22)9-6-14-2-4-15(5-3-14)28-27-26-19/h2-5,7-8,18H,6,9-12,19H2,1H3/q+2. The largest absolute Gasteiger partial charge is 0.391 e. The van der Waals surface area contributed by atoms with Crippen molar-refractivity contribution in [2.75, 3.05) is 13.1 Å². The summed E-state index contributed by atoms with van der Waals surface area (Å²) in [5, 5.41) is 0. The number of hydrogen-bond acceptors (Lipinski definition) is 7. The van der Waals surface area contributed by atoms with Crippen molar-refractivity contribution in [2.24, 2.45) is 5.90 Å². The van der Waals surface area contributed by atoms with Gasteiger partial charge in [0, 0.05) is 11.3 Å². The normalized spacial score (nSPS) is 22.8. The number of carbonyl (C=O) groups is 2. The predicted octanol–water partition coefficient (Wildman–Crippen LogP) is 0.780. The van der Waals surface area contributed by atoms with Crippen molar-refractivity contribution in [1.82, 2.24) is 4.57 Å². The van der Waals surface area contributed by atoms with Gasteiger partial charge in [0.1, 0.15) is 18.9 Å². The van der Waals surface area contributed by atoms with Crippen molar-refractivity contribution in [3.8, 4) is 0 Å². The number of nitrogens with two attached hydrogens (primary N) is 1. The van der Waals surface area contributed by atoms with Gasteiger partial charge >= 0.3 is 18.1 Å². The lowest BCUT2D eigenvalue weighted by molar-refractivity contribution is -0.971. The Bertz CT molecular complexity index is 900. The lowest BCUT2D eigenvalue weighted by atomic mass is 10.1. The Hall–Kier alpha value is -2.24. The number of benzene rings is 1. The number of aromatic nitrogens is 2. The molecule has 0 amide bonds. The maximum atomic E-state index is 12.1. The zero-order valence-electron chi connectivity index (χ0n) is 15.4. The molecular formula is C18H22N4O5S+2. The minimum absolute atomic E-state index is 0.0941. The average Bonchev–Trinajstić information content (AvgIpc) is 3.27. The topological polar surface area (TPSA) is 96.7 Å². The highest BCUT2D eigenvalue weighted by Crippen LogP contribution is 2.39. The Morgan fingerprint density at radius 2 is 2.18 bits per heavy atom. The molecule has 10 heteroatoms. The zero-order chi connectivity index (χ0) is 19.7. The Balaban J connectivity index is 1.49. The van der Waals surface area contributed by atoms with E-state index in [2.05, 4.69) is 9.32 Å². The van der Waals surface area contributed by atoms with E-state index in [1.54, 1.807) is 6.92 Å². The van der Waals surface area contributed by atoms with E-state index >= 15 is 0 Å². The van der Waals surface area contributed by atoms with Gasteiger partial charge in [-0.3, -0.25) is 4.79 Å². The smallest absolute Gasteiger partial charge is 0.369 e. The van der Waals surface area contributed by atoms with Crippen molar-refractivity contribution in [1.29, 1.82) is 0 Å². The fourth-order valence-corrected chi connectivity index (χ4v) is 4.32. The third-order valence-electron chi connectivity index (χ3n) is 5.21. The van der Waals surface area contributed by atoms with E-state index in [1.807, 2.05) is 45.8 Å². The molecule has 3 heterocycles. The highest BCUT2D eigenvalue weighted by molar-refractivity contribution is 7.94. The average molecular weight is 406 g/mol. The van der Waals surface area contributed by atoms with E-state index in [0.717, 1.165) is 41.3 Å². The van der Waals surface area contributed by atoms with Crippen LogP contribution in [0.3, 0.4) is 0 Å². The first-order valence-corrected chi connectivity index (χ1v) is 9.68. The van der Waals surface area contributed by atoms with Crippen LogP contribution in [-0.4, -0.2) is 33.9 Å². The molecule has 2 aromatic rings. The molecule has 4 rings (SSSR count). The third-order valence-corrected chi connectivity index (χ3v) is 5.82. The van der Waals surface area contributed by atoms with Crippen molar-refractivity contribution in [2.45, 2.75) is 37.7 Å². The molecule has 0 saturated carbocycles. The molecule has 1 saturated heterocycles. The molecular weight excluding hydrogens is 384 g/mol. The number of hydrogen-bond donors (Lipinski definition) is 1. The van der Waals surface area contributed by atoms with Crippen LogP contribution in [0.15, 0.2) is 41.6 Å². The Labute approximate surface area is 166 Å². The minimum Gasteiger partial charge on any atom is -0.369 e. The summed E-state index contributed by atoms with van der Waals surface area (Å²) in [4.78, 5) is 28.6. The van der Waals surface area contributed by atoms with Gasteiger partial charge in [-0.25, -0.2) is 13.8 Å². The van der Waals surface area contributed by atoms with Gasteiger partial charge in [-0.1, -0.05) is 12.1 Å². The molecule has 2 aliphatic heterocycles. The van der Waals surface area contributed by atoms with Gasteiger partial charge in [0.2, 0.25) is 0 Å². The maximum absolute atomic E-state index is 12.1. The van der Waals surface area contributed by atoms with Crippen LogP contribution in [0, 0.1) is 0 Å². The maximum Gasteiger partial charge on any atom is 0.391 e. The van der Waals surface area contributed by atoms with Crippen LogP contribution in [-0.2, 0) is 43.2 Å². The fraction of sp³-hybridized carbons (Fsp3) is 0.389. The second kappa shape index (κ2) is 7.64. The van der Waals surface area contributed by atoms with Gasteiger partial charge < -0.3 is 4.74 Å². The van der Waals surface area contributed by atoms with Gasteiger partial charge in [0.05, 0.1) is 18.6 Å².